The Labute approximate surface area is 111 Å². The number of piperidine rings is 1. The van der Waals surface area contributed by atoms with Crippen molar-refractivity contribution in [3.05, 3.63) is 29.3 Å². The van der Waals surface area contributed by atoms with Crippen molar-refractivity contribution in [2.45, 2.75) is 40.2 Å². The Bertz CT molecular complexity index is 387. The van der Waals surface area contributed by atoms with Crippen molar-refractivity contribution in [3.8, 4) is 0 Å². The molecule has 0 spiro atoms. The summed E-state index contributed by atoms with van der Waals surface area (Å²) in [6.07, 6.45) is 2.71. The van der Waals surface area contributed by atoms with E-state index in [1.54, 1.807) is 0 Å². The molecular weight excluding hydrogens is 220 g/mol. The first-order valence-corrected chi connectivity index (χ1v) is 7.26. The number of hydrogen-bond donors (Lipinski definition) is 1. The van der Waals surface area contributed by atoms with Crippen LogP contribution in [0.25, 0.3) is 0 Å². The van der Waals surface area contributed by atoms with Crippen LogP contribution < -0.4 is 10.2 Å². The molecule has 0 radical (unpaired) electrons. The highest BCUT2D eigenvalue weighted by molar-refractivity contribution is 5.55. The predicted octanol–water partition coefficient (Wildman–Crippen LogP) is 3.34. The molecule has 1 aromatic carbocycles. The molecule has 18 heavy (non-hydrogen) atoms. The highest BCUT2D eigenvalue weighted by Crippen LogP contribution is 2.27. The van der Waals surface area contributed by atoms with Gasteiger partial charge in [0.1, 0.15) is 0 Å². The minimum atomic E-state index is 0.826. The zero-order valence-corrected chi connectivity index (χ0v) is 12.0. The van der Waals surface area contributed by atoms with Crippen molar-refractivity contribution in [2.24, 2.45) is 5.92 Å². The lowest BCUT2D eigenvalue weighted by Gasteiger charge is -2.34. The third-order valence-electron chi connectivity index (χ3n) is 3.80. The van der Waals surface area contributed by atoms with Crippen LogP contribution >= 0.6 is 0 Å². The van der Waals surface area contributed by atoms with E-state index in [9.17, 15) is 0 Å². The van der Waals surface area contributed by atoms with E-state index in [4.69, 9.17) is 0 Å². The van der Waals surface area contributed by atoms with E-state index in [1.807, 2.05) is 0 Å². The molecule has 0 saturated carbocycles. The van der Waals surface area contributed by atoms with Gasteiger partial charge in [-0.05, 0) is 43.9 Å². The third kappa shape index (κ3) is 3.26. The first kappa shape index (κ1) is 13.4. The van der Waals surface area contributed by atoms with Crippen molar-refractivity contribution in [1.29, 1.82) is 0 Å². The van der Waals surface area contributed by atoms with E-state index in [0.29, 0.717) is 0 Å². The van der Waals surface area contributed by atoms with Gasteiger partial charge in [-0.1, -0.05) is 31.5 Å². The van der Waals surface area contributed by atoms with Gasteiger partial charge in [0, 0.05) is 25.3 Å². The Hall–Kier alpha value is -1.02. The van der Waals surface area contributed by atoms with Crippen molar-refractivity contribution >= 4 is 5.69 Å². The van der Waals surface area contributed by atoms with Gasteiger partial charge in [-0.15, -0.1) is 0 Å². The molecule has 2 heteroatoms. The van der Waals surface area contributed by atoms with E-state index in [1.165, 1.54) is 42.7 Å². The Morgan fingerprint density at radius 2 is 2.22 bits per heavy atom. The number of nitrogens with one attached hydrogen (secondary N) is 1. The van der Waals surface area contributed by atoms with Gasteiger partial charge in [0.25, 0.3) is 0 Å². The molecule has 0 bridgehead atoms. The van der Waals surface area contributed by atoms with E-state index >= 15 is 0 Å². The van der Waals surface area contributed by atoms with E-state index < -0.39 is 0 Å². The van der Waals surface area contributed by atoms with Crippen LogP contribution in [-0.2, 0) is 6.54 Å². The quantitative estimate of drug-likeness (QED) is 0.876. The van der Waals surface area contributed by atoms with Gasteiger partial charge in [-0.3, -0.25) is 0 Å². The fourth-order valence-corrected chi connectivity index (χ4v) is 2.83. The van der Waals surface area contributed by atoms with Crippen molar-refractivity contribution in [3.63, 3.8) is 0 Å². The zero-order chi connectivity index (χ0) is 13.0. The normalized spacial score (nSPS) is 20.2. The van der Waals surface area contributed by atoms with Crippen molar-refractivity contribution < 1.29 is 0 Å². The fourth-order valence-electron chi connectivity index (χ4n) is 2.83. The Morgan fingerprint density at radius 1 is 1.39 bits per heavy atom. The summed E-state index contributed by atoms with van der Waals surface area (Å²) in [5.74, 6) is 0.826. The third-order valence-corrected chi connectivity index (χ3v) is 3.80. The molecule has 2 nitrogen and oxygen atoms in total. The van der Waals surface area contributed by atoms with Crippen LogP contribution in [0, 0.1) is 12.8 Å². The first-order valence-electron chi connectivity index (χ1n) is 7.26. The van der Waals surface area contributed by atoms with Gasteiger partial charge in [0.05, 0.1) is 0 Å². The Morgan fingerprint density at radius 3 is 2.94 bits per heavy atom. The maximum absolute atomic E-state index is 3.46. The minimum Gasteiger partial charge on any atom is -0.371 e. The predicted molar refractivity (Wildman–Crippen MR) is 79.2 cm³/mol. The van der Waals surface area contributed by atoms with Gasteiger partial charge in [-0.2, -0.15) is 0 Å². The van der Waals surface area contributed by atoms with Crippen LogP contribution in [0.4, 0.5) is 5.69 Å². The van der Waals surface area contributed by atoms with Gasteiger partial charge in [-0.25, -0.2) is 0 Å². The summed E-state index contributed by atoms with van der Waals surface area (Å²) in [6, 6.07) is 6.88. The summed E-state index contributed by atoms with van der Waals surface area (Å²) >= 11 is 0. The molecule has 0 aromatic heterocycles. The Balaban J connectivity index is 2.19. The topological polar surface area (TPSA) is 15.3 Å². The average molecular weight is 246 g/mol. The molecule has 1 aliphatic heterocycles. The molecule has 1 aliphatic rings. The van der Waals surface area contributed by atoms with Gasteiger partial charge in [0.15, 0.2) is 0 Å². The molecule has 1 atom stereocenters. The smallest absolute Gasteiger partial charge is 0.0412 e. The van der Waals surface area contributed by atoms with Crippen LogP contribution in [0.3, 0.4) is 0 Å². The van der Waals surface area contributed by atoms with E-state index in [-0.39, 0.29) is 0 Å². The molecular formula is C16H26N2. The molecule has 1 aromatic rings. The average Bonchev–Trinajstić information content (AvgIpc) is 2.36. The monoisotopic (exact) mass is 246 g/mol. The van der Waals surface area contributed by atoms with Crippen LogP contribution in [0.2, 0.25) is 0 Å². The SMILES string of the molecule is CCNCc1cc(C)ccc1N1CCCC(C)C1. The van der Waals surface area contributed by atoms with Crippen LogP contribution in [0.1, 0.15) is 37.8 Å². The standard InChI is InChI=1S/C16H26N2/c1-4-17-11-15-10-13(2)7-8-16(15)18-9-5-6-14(3)12-18/h7-8,10,14,17H,4-6,9,11-12H2,1-3H3. The molecule has 1 fully saturated rings. The van der Waals surface area contributed by atoms with Gasteiger partial charge < -0.3 is 10.2 Å². The Kier molecular flexibility index (Phi) is 4.65. The van der Waals surface area contributed by atoms with Crippen LogP contribution in [0.15, 0.2) is 18.2 Å². The van der Waals surface area contributed by atoms with Crippen LogP contribution in [0.5, 0.6) is 0 Å². The number of anilines is 1. The lowest BCUT2D eigenvalue weighted by Crippen LogP contribution is -2.35. The lowest BCUT2D eigenvalue weighted by atomic mass is 9.98. The zero-order valence-electron chi connectivity index (χ0n) is 12.0. The molecule has 1 unspecified atom stereocenters. The highest BCUT2D eigenvalue weighted by atomic mass is 15.1. The van der Waals surface area contributed by atoms with E-state index in [0.717, 1.165) is 19.0 Å². The summed E-state index contributed by atoms with van der Waals surface area (Å²) in [6.45, 7) is 11.2. The highest BCUT2D eigenvalue weighted by Gasteiger charge is 2.18. The van der Waals surface area contributed by atoms with Gasteiger partial charge >= 0.3 is 0 Å². The largest absolute Gasteiger partial charge is 0.371 e. The molecule has 0 amide bonds. The summed E-state index contributed by atoms with van der Waals surface area (Å²) in [4.78, 5) is 2.57. The summed E-state index contributed by atoms with van der Waals surface area (Å²) < 4.78 is 0. The molecule has 0 aliphatic carbocycles. The second-order valence-electron chi connectivity index (χ2n) is 5.61. The summed E-state index contributed by atoms with van der Waals surface area (Å²) in [7, 11) is 0. The molecule has 2 rings (SSSR count). The lowest BCUT2D eigenvalue weighted by molar-refractivity contribution is 0.446. The maximum atomic E-state index is 3.46. The summed E-state index contributed by atoms with van der Waals surface area (Å²) in [5, 5.41) is 3.46. The number of aryl methyl sites for hydroxylation is 1. The number of hydrogen-bond acceptors (Lipinski definition) is 2. The van der Waals surface area contributed by atoms with Crippen molar-refractivity contribution in [1.82, 2.24) is 5.32 Å². The molecule has 1 heterocycles. The van der Waals surface area contributed by atoms with Crippen LogP contribution in [-0.4, -0.2) is 19.6 Å². The second kappa shape index (κ2) is 6.24. The molecule has 100 valence electrons. The fraction of sp³-hybridized carbons (Fsp3) is 0.625. The van der Waals surface area contributed by atoms with E-state index in [2.05, 4.69) is 49.2 Å². The van der Waals surface area contributed by atoms with Gasteiger partial charge in [0.2, 0.25) is 0 Å². The maximum Gasteiger partial charge on any atom is 0.0412 e. The summed E-state index contributed by atoms with van der Waals surface area (Å²) in [5.41, 5.74) is 4.25. The second-order valence-corrected chi connectivity index (χ2v) is 5.61. The first-order chi connectivity index (χ1) is 8.70. The molecule has 1 N–H and O–H groups in total. The molecule has 1 saturated heterocycles. The number of benzene rings is 1. The number of rotatable bonds is 4. The van der Waals surface area contributed by atoms with Crippen molar-refractivity contribution in [2.75, 3.05) is 24.5 Å². The minimum absolute atomic E-state index is 0.826. The number of nitrogens with zero attached hydrogens (tertiary/aromatic N) is 1.